The van der Waals surface area contributed by atoms with Crippen molar-refractivity contribution in [3.05, 3.63) is 40.9 Å². The summed E-state index contributed by atoms with van der Waals surface area (Å²) in [4.78, 5) is 31.5. The minimum atomic E-state index is -4.40. The second-order valence-corrected chi connectivity index (χ2v) is 7.92. The van der Waals surface area contributed by atoms with Crippen LogP contribution in [-0.4, -0.2) is 40.3 Å². The topological polar surface area (TPSA) is 62.3 Å². The standard InChI is InChI=1S/C19H18F3N3O2S/c20-19(21,22)13-5-3-12(4-6-13)15-24-14(11-28-15)16(26)25-10-2-8-18(25)7-1-9-23-17(18)27/h3-6,11H,1-2,7-10H2,(H,23,27). The van der Waals surface area contributed by atoms with Gasteiger partial charge in [0.15, 0.2) is 0 Å². The van der Waals surface area contributed by atoms with Gasteiger partial charge in [0.1, 0.15) is 16.2 Å². The van der Waals surface area contributed by atoms with Gasteiger partial charge in [-0.25, -0.2) is 4.98 Å². The van der Waals surface area contributed by atoms with Crippen molar-refractivity contribution in [3.63, 3.8) is 0 Å². The Kier molecular flexibility index (Phi) is 4.65. The molecule has 9 heteroatoms. The van der Waals surface area contributed by atoms with E-state index in [9.17, 15) is 22.8 Å². The number of carbonyl (C=O) groups excluding carboxylic acids is 2. The first-order valence-corrected chi connectivity index (χ1v) is 9.93. The van der Waals surface area contributed by atoms with Crippen LogP contribution < -0.4 is 5.32 Å². The van der Waals surface area contributed by atoms with Crippen LogP contribution in [0.2, 0.25) is 0 Å². The molecule has 148 valence electrons. The second-order valence-electron chi connectivity index (χ2n) is 7.06. The number of hydrogen-bond donors (Lipinski definition) is 1. The van der Waals surface area contributed by atoms with Gasteiger partial charge in [0.25, 0.3) is 5.91 Å². The Hall–Kier alpha value is -2.42. The van der Waals surface area contributed by atoms with Crippen molar-refractivity contribution in [2.24, 2.45) is 0 Å². The molecule has 0 aliphatic carbocycles. The summed E-state index contributed by atoms with van der Waals surface area (Å²) in [5, 5.41) is 4.93. The number of piperidine rings is 1. The van der Waals surface area contributed by atoms with E-state index in [4.69, 9.17) is 0 Å². The predicted molar refractivity (Wildman–Crippen MR) is 97.8 cm³/mol. The zero-order valence-electron chi connectivity index (χ0n) is 14.9. The molecule has 0 bridgehead atoms. The molecule has 4 rings (SSSR count). The van der Waals surface area contributed by atoms with Gasteiger partial charge in [-0.2, -0.15) is 13.2 Å². The number of benzene rings is 1. The molecule has 28 heavy (non-hydrogen) atoms. The van der Waals surface area contributed by atoms with Gasteiger partial charge < -0.3 is 10.2 Å². The van der Waals surface area contributed by atoms with E-state index in [1.165, 1.54) is 23.5 Å². The van der Waals surface area contributed by atoms with Crippen LogP contribution in [-0.2, 0) is 11.0 Å². The van der Waals surface area contributed by atoms with E-state index in [0.29, 0.717) is 36.5 Å². The number of thiazole rings is 1. The third-order valence-electron chi connectivity index (χ3n) is 5.39. The molecule has 3 heterocycles. The normalized spacial score (nSPS) is 22.5. The Morgan fingerprint density at radius 3 is 2.57 bits per heavy atom. The maximum Gasteiger partial charge on any atom is 0.416 e. The van der Waals surface area contributed by atoms with Crippen LogP contribution in [0.5, 0.6) is 0 Å². The third kappa shape index (κ3) is 3.17. The van der Waals surface area contributed by atoms with Gasteiger partial charge in [0, 0.05) is 24.0 Å². The van der Waals surface area contributed by atoms with E-state index in [-0.39, 0.29) is 17.5 Å². The number of rotatable bonds is 2. The number of hydrogen-bond acceptors (Lipinski definition) is 4. The van der Waals surface area contributed by atoms with Gasteiger partial charge in [-0.15, -0.1) is 11.3 Å². The number of nitrogens with zero attached hydrogens (tertiary/aromatic N) is 2. The summed E-state index contributed by atoms with van der Waals surface area (Å²) in [5.74, 6) is -0.410. The van der Waals surface area contributed by atoms with Crippen LogP contribution in [0.1, 0.15) is 41.7 Å². The Bertz CT molecular complexity index is 910. The van der Waals surface area contributed by atoms with Gasteiger partial charge in [-0.05, 0) is 37.8 Å². The third-order valence-corrected chi connectivity index (χ3v) is 6.28. The van der Waals surface area contributed by atoms with Crippen LogP contribution >= 0.6 is 11.3 Å². The molecule has 2 aliphatic heterocycles. The van der Waals surface area contributed by atoms with Crippen LogP contribution in [0.3, 0.4) is 0 Å². The molecule has 2 saturated heterocycles. The minimum absolute atomic E-state index is 0.109. The molecule has 1 aromatic carbocycles. The molecule has 1 aromatic heterocycles. The smallest absolute Gasteiger partial charge is 0.354 e. The average molecular weight is 409 g/mol. The number of nitrogens with one attached hydrogen (secondary N) is 1. The molecule has 1 atom stereocenters. The molecule has 5 nitrogen and oxygen atoms in total. The van der Waals surface area contributed by atoms with Crippen LogP contribution in [0.25, 0.3) is 10.6 Å². The first-order valence-electron chi connectivity index (χ1n) is 9.05. The van der Waals surface area contributed by atoms with Gasteiger partial charge in [-0.3, -0.25) is 9.59 Å². The van der Waals surface area contributed by atoms with Crippen LogP contribution in [0.4, 0.5) is 13.2 Å². The molecule has 1 N–H and O–H groups in total. The zero-order chi connectivity index (χ0) is 19.9. The number of likely N-dealkylation sites (tertiary alicyclic amines) is 1. The Morgan fingerprint density at radius 2 is 1.89 bits per heavy atom. The van der Waals surface area contributed by atoms with Crippen molar-refractivity contribution in [1.29, 1.82) is 0 Å². The van der Waals surface area contributed by atoms with E-state index >= 15 is 0 Å². The van der Waals surface area contributed by atoms with Crippen molar-refractivity contribution in [2.45, 2.75) is 37.4 Å². The molecular weight excluding hydrogens is 391 g/mol. The van der Waals surface area contributed by atoms with Gasteiger partial charge >= 0.3 is 6.18 Å². The largest absolute Gasteiger partial charge is 0.416 e. The summed E-state index contributed by atoms with van der Waals surface area (Å²) < 4.78 is 38.1. The fourth-order valence-corrected chi connectivity index (χ4v) is 4.78. The van der Waals surface area contributed by atoms with E-state index in [0.717, 1.165) is 25.0 Å². The first kappa shape index (κ1) is 18.9. The van der Waals surface area contributed by atoms with Crippen molar-refractivity contribution in [3.8, 4) is 10.6 Å². The summed E-state index contributed by atoms with van der Waals surface area (Å²) in [5.41, 5.74) is -0.789. The highest BCUT2D eigenvalue weighted by molar-refractivity contribution is 7.13. The fraction of sp³-hybridized carbons (Fsp3) is 0.421. The Labute approximate surface area is 163 Å². The predicted octanol–water partition coefficient (Wildman–Crippen LogP) is 3.71. The van der Waals surface area contributed by atoms with Crippen LogP contribution in [0.15, 0.2) is 29.6 Å². The summed E-state index contributed by atoms with van der Waals surface area (Å²) in [6.07, 6.45) is -1.54. The number of aromatic nitrogens is 1. The fourth-order valence-electron chi connectivity index (χ4n) is 3.98. The summed E-state index contributed by atoms with van der Waals surface area (Å²) >= 11 is 1.20. The minimum Gasteiger partial charge on any atom is -0.354 e. The highest BCUT2D eigenvalue weighted by atomic mass is 32.1. The molecule has 0 saturated carbocycles. The van der Waals surface area contributed by atoms with Gasteiger partial charge in [0.2, 0.25) is 5.91 Å². The molecule has 1 spiro atoms. The lowest BCUT2D eigenvalue weighted by Gasteiger charge is -2.39. The SMILES string of the molecule is O=C(c1csc(-c2ccc(C(F)(F)F)cc2)n1)N1CCCC12CCCNC2=O. The summed E-state index contributed by atoms with van der Waals surface area (Å²) in [7, 11) is 0. The molecule has 1 unspecified atom stereocenters. The van der Waals surface area contributed by atoms with Crippen molar-refractivity contribution in [1.82, 2.24) is 15.2 Å². The highest BCUT2D eigenvalue weighted by Crippen LogP contribution is 2.37. The molecule has 2 aromatic rings. The molecule has 2 fully saturated rings. The Balaban J connectivity index is 1.57. The number of amides is 2. The summed E-state index contributed by atoms with van der Waals surface area (Å²) in [6, 6.07) is 4.70. The van der Waals surface area contributed by atoms with E-state index in [1.807, 2.05) is 0 Å². The lowest BCUT2D eigenvalue weighted by atomic mass is 9.86. The summed E-state index contributed by atoms with van der Waals surface area (Å²) in [6.45, 7) is 1.12. The molecule has 2 amide bonds. The average Bonchev–Trinajstić information content (AvgIpc) is 3.31. The maximum absolute atomic E-state index is 13.0. The van der Waals surface area contributed by atoms with E-state index in [2.05, 4.69) is 10.3 Å². The van der Waals surface area contributed by atoms with E-state index < -0.39 is 17.3 Å². The number of halogens is 3. The lowest BCUT2D eigenvalue weighted by molar-refractivity contribution is -0.137. The van der Waals surface area contributed by atoms with Crippen molar-refractivity contribution < 1.29 is 22.8 Å². The molecule has 0 radical (unpaired) electrons. The zero-order valence-corrected chi connectivity index (χ0v) is 15.7. The van der Waals surface area contributed by atoms with Crippen molar-refractivity contribution >= 4 is 23.2 Å². The van der Waals surface area contributed by atoms with Gasteiger partial charge in [0.05, 0.1) is 5.56 Å². The van der Waals surface area contributed by atoms with E-state index in [1.54, 1.807) is 10.3 Å². The molecule has 2 aliphatic rings. The highest BCUT2D eigenvalue weighted by Gasteiger charge is 2.50. The monoisotopic (exact) mass is 409 g/mol. The Morgan fingerprint density at radius 1 is 1.18 bits per heavy atom. The lowest BCUT2D eigenvalue weighted by Crippen LogP contribution is -2.60. The number of alkyl halides is 3. The maximum atomic E-state index is 13.0. The van der Waals surface area contributed by atoms with Gasteiger partial charge in [-0.1, -0.05) is 12.1 Å². The quantitative estimate of drug-likeness (QED) is 0.823. The second kappa shape index (κ2) is 6.88. The first-order chi connectivity index (χ1) is 13.3. The molecular formula is C19H18F3N3O2S. The van der Waals surface area contributed by atoms with Crippen LogP contribution in [0, 0.1) is 0 Å². The number of carbonyl (C=O) groups is 2. The van der Waals surface area contributed by atoms with Crippen molar-refractivity contribution in [2.75, 3.05) is 13.1 Å².